The van der Waals surface area contributed by atoms with Crippen molar-refractivity contribution in [1.82, 2.24) is 0 Å². The van der Waals surface area contributed by atoms with E-state index in [1.54, 1.807) is 0 Å². The molecular weight excluding hydrogens is 328 g/mol. The number of amides is 1. The van der Waals surface area contributed by atoms with E-state index in [1.807, 2.05) is 48.5 Å². The third kappa shape index (κ3) is 3.45. The highest BCUT2D eigenvalue weighted by molar-refractivity contribution is 9.10. The molecule has 108 valence electrons. The lowest BCUT2D eigenvalue weighted by atomic mass is 10.2. The zero-order valence-corrected chi connectivity index (χ0v) is 13.3. The van der Waals surface area contributed by atoms with Gasteiger partial charge in [0.1, 0.15) is 0 Å². The van der Waals surface area contributed by atoms with Gasteiger partial charge in [0, 0.05) is 34.5 Å². The molecule has 0 spiro atoms. The number of rotatable bonds is 3. The molecule has 3 nitrogen and oxygen atoms in total. The van der Waals surface area contributed by atoms with Gasteiger partial charge in [-0.05, 0) is 55.3 Å². The molecule has 0 aliphatic carbocycles. The van der Waals surface area contributed by atoms with Crippen LogP contribution in [-0.4, -0.2) is 19.0 Å². The SMILES string of the molecule is O=C(Nc1cccc(Br)c1)c1ccc(N2CCCC2)cc1. The maximum atomic E-state index is 12.2. The van der Waals surface area contributed by atoms with Crippen molar-refractivity contribution in [3.63, 3.8) is 0 Å². The van der Waals surface area contributed by atoms with Crippen molar-refractivity contribution in [1.29, 1.82) is 0 Å². The minimum absolute atomic E-state index is 0.0823. The lowest BCUT2D eigenvalue weighted by Gasteiger charge is -2.17. The van der Waals surface area contributed by atoms with Crippen LogP contribution in [0.4, 0.5) is 11.4 Å². The summed E-state index contributed by atoms with van der Waals surface area (Å²) in [5, 5.41) is 2.91. The monoisotopic (exact) mass is 344 g/mol. The number of hydrogen-bond acceptors (Lipinski definition) is 2. The Balaban J connectivity index is 1.70. The van der Waals surface area contributed by atoms with E-state index in [4.69, 9.17) is 0 Å². The fourth-order valence-electron chi connectivity index (χ4n) is 2.57. The molecule has 0 radical (unpaired) electrons. The Kier molecular flexibility index (Phi) is 4.25. The van der Waals surface area contributed by atoms with Gasteiger partial charge in [0.15, 0.2) is 0 Å². The molecule has 1 fully saturated rings. The second kappa shape index (κ2) is 6.31. The van der Waals surface area contributed by atoms with E-state index in [2.05, 4.69) is 26.1 Å². The zero-order chi connectivity index (χ0) is 14.7. The molecule has 4 heteroatoms. The molecule has 1 aliphatic heterocycles. The van der Waals surface area contributed by atoms with Crippen molar-refractivity contribution in [3.05, 3.63) is 58.6 Å². The van der Waals surface area contributed by atoms with Crippen LogP contribution in [0, 0.1) is 0 Å². The largest absolute Gasteiger partial charge is 0.372 e. The fourth-order valence-corrected chi connectivity index (χ4v) is 2.97. The van der Waals surface area contributed by atoms with Crippen LogP contribution >= 0.6 is 15.9 Å². The van der Waals surface area contributed by atoms with E-state index >= 15 is 0 Å². The molecule has 0 atom stereocenters. The Morgan fingerprint density at radius 1 is 1.05 bits per heavy atom. The molecule has 0 bridgehead atoms. The molecule has 3 rings (SSSR count). The Bertz CT molecular complexity index is 633. The molecule has 1 saturated heterocycles. The molecule has 1 aliphatic rings. The third-order valence-corrected chi connectivity index (χ3v) is 4.18. The maximum Gasteiger partial charge on any atom is 0.255 e. The Morgan fingerprint density at radius 3 is 2.43 bits per heavy atom. The highest BCUT2D eigenvalue weighted by Gasteiger charge is 2.13. The van der Waals surface area contributed by atoms with Gasteiger partial charge in [-0.15, -0.1) is 0 Å². The van der Waals surface area contributed by atoms with Crippen LogP contribution in [0.25, 0.3) is 0 Å². The number of halogens is 1. The number of benzene rings is 2. The number of hydrogen-bond donors (Lipinski definition) is 1. The molecule has 1 N–H and O–H groups in total. The minimum atomic E-state index is -0.0823. The normalized spacial score (nSPS) is 14.2. The average molecular weight is 345 g/mol. The smallest absolute Gasteiger partial charge is 0.255 e. The number of nitrogens with one attached hydrogen (secondary N) is 1. The minimum Gasteiger partial charge on any atom is -0.372 e. The summed E-state index contributed by atoms with van der Waals surface area (Å²) in [7, 11) is 0. The Morgan fingerprint density at radius 2 is 1.76 bits per heavy atom. The Labute approximate surface area is 133 Å². The van der Waals surface area contributed by atoms with Crippen LogP contribution in [0.5, 0.6) is 0 Å². The van der Waals surface area contributed by atoms with E-state index in [9.17, 15) is 4.79 Å². The van der Waals surface area contributed by atoms with Gasteiger partial charge in [-0.2, -0.15) is 0 Å². The van der Waals surface area contributed by atoms with Crippen LogP contribution in [0.15, 0.2) is 53.0 Å². The predicted octanol–water partition coefficient (Wildman–Crippen LogP) is 4.30. The van der Waals surface area contributed by atoms with Crippen LogP contribution in [-0.2, 0) is 0 Å². The summed E-state index contributed by atoms with van der Waals surface area (Å²) in [6.07, 6.45) is 2.51. The van der Waals surface area contributed by atoms with Gasteiger partial charge in [-0.1, -0.05) is 22.0 Å². The highest BCUT2D eigenvalue weighted by Crippen LogP contribution is 2.21. The highest BCUT2D eigenvalue weighted by atomic mass is 79.9. The summed E-state index contributed by atoms with van der Waals surface area (Å²) in [5.41, 5.74) is 2.67. The zero-order valence-electron chi connectivity index (χ0n) is 11.7. The van der Waals surface area contributed by atoms with E-state index in [0.29, 0.717) is 5.56 Å². The van der Waals surface area contributed by atoms with Gasteiger partial charge >= 0.3 is 0 Å². The van der Waals surface area contributed by atoms with Gasteiger partial charge in [0.05, 0.1) is 0 Å². The summed E-state index contributed by atoms with van der Waals surface area (Å²) < 4.78 is 0.949. The topological polar surface area (TPSA) is 32.3 Å². The van der Waals surface area contributed by atoms with Crippen molar-refractivity contribution < 1.29 is 4.79 Å². The standard InChI is InChI=1S/C17H17BrN2O/c18-14-4-3-5-15(12-14)19-17(21)13-6-8-16(9-7-13)20-10-1-2-11-20/h3-9,12H,1-2,10-11H2,(H,19,21). The van der Waals surface area contributed by atoms with Crippen molar-refractivity contribution in [2.24, 2.45) is 0 Å². The lowest BCUT2D eigenvalue weighted by molar-refractivity contribution is 0.102. The summed E-state index contributed by atoms with van der Waals surface area (Å²) in [6.45, 7) is 2.23. The fraction of sp³-hybridized carbons (Fsp3) is 0.235. The summed E-state index contributed by atoms with van der Waals surface area (Å²) in [4.78, 5) is 14.6. The second-order valence-corrected chi connectivity index (χ2v) is 6.12. The van der Waals surface area contributed by atoms with Crippen molar-refractivity contribution >= 4 is 33.2 Å². The third-order valence-electron chi connectivity index (χ3n) is 3.68. The summed E-state index contributed by atoms with van der Waals surface area (Å²) in [6, 6.07) is 15.4. The van der Waals surface area contributed by atoms with Gasteiger partial charge in [0.2, 0.25) is 0 Å². The maximum absolute atomic E-state index is 12.2. The first-order valence-corrected chi connectivity index (χ1v) is 7.93. The number of carbonyl (C=O) groups is 1. The molecule has 0 unspecified atom stereocenters. The van der Waals surface area contributed by atoms with Crippen LogP contribution in [0.3, 0.4) is 0 Å². The molecule has 0 aromatic heterocycles. The van der Waals surface area contributed by atoms with Crippen molar-refractivity contribution in [2.75, 3.05) is 23.3 Å². The van der Waals surface area contributed by atoms with Gasteiger partial charge in [0.25, 0.3) is 5.91 Å². The second-order valence-electron chi connectivity index (χ2n) is 5.21. The van der Waals surface area contributed by atoms with Gasteiger partial charge in [-0.3, -0.25) is 4.79 Å². The van der Waals surface area contributed by atoms with Gasteiger partial charge < -0.3 is 10.2 Å². The van der Waals surface area contributed by atoms with Gasteiger partial charge in [-0.25, -0.2) is 0 Å². The molecule has 21 heavy (non-hydrogen) atoms. The van der Waals surface area contributed by atoms with E-state index in [-0.39, 0.29) is 5.91 Å². The number of carbonyl (C=O) groups excluding carboxylic acids is 1. The average Bonchev–Trinajstić information content (AvgIpc) is 3.01. The van der Waals surface area contributed by atoms with E-state index < -0.39 is 0 Å². The van der Waals surface area contributed by atoms with E-state index in [1.165, 1.54) is 18.5 Å². The molecule has 1 amide bonds. The number of anilines is 2. The molecule has 2 aromatic rings. The first-order chi connectivity index (χ1) is 10.2. The lowest BCUT2D eigenvalue weighted by Crippen LogP contribution is -2.18. The van der Waals surface area contributed by atoms with Crippen molar-refractivity contribution in [3.8, 4) is 0 Å². The van der Waals surface area contributed by atoms with E-state index in [0.717, 1.165) is 23.2 Å². The summed E-state index contributed by atoms with van der Waals surface area (Å²) in [5.74, 6) is -0.0823. The molecule has 1 heterocycles. The molecular formula is C17H17BrN2O. The Hall–Kier alpha value is -1.81. The predicted molar refractivity (Wildman–Crippen MR) is 90.0 cm³/mol. The van der Waals surface area contributed by atoms with Crippen LogP contribution in [0.1, 0.15) is 23.2 Å². The first kappa shape index (κ1) is 14.1. The van der Waals surface area contributed by atoms with Crippen molar-refractivity contribution in [2.45, 2.75) is 12.8 Å². The first-order valence-electron chi connectivity index (χ1n) is 7.14. The summed E-state index contributed by atoms with van der Waals surface area (Å²) >= 11 is 3.40. The number of nitrogens with zero attached hydrogens (tertiary/aromatic N) is 1. The quantitative estimate of drug-likeness (QED) is 0.900. The van der Waals surface area contributed by atoms with Crippen LogP contribution in [0.2, 0.25) is 0 Å². The van der Waals surface area contributed by atoms with Crippen LogP contribution < -0.4 is 10.2 Å². The molecule has 0 saturated carbocycles. The molecule has 2 aromatic carbocycles.